The van der Waals surface area contributed by atoms with Gasteiger partial charge in [0.25, 0.3) is 5.91 Å². The Balaban J connectivity index is 1.40. The van der Waals surface area contributed by atoms with E-state index in [2.05, 4.69) is 35.3 Å². The van der Waals surface area contributed by atoms with Crippen LogP contribution in [0.2, 0.25) is 0 Å². The number of carbonyl (C=O) groups is 1. The first kappa shape index (κ1) is 19.5. The Morgan fingerprint density at radius 2 is 2.21 bits per heavy atom. The van der Waals surface area contributed by atoms with Gasteiger partial charge >= 0.3 is 0 Å². The number of carbonyl (C=O) groups excluding carboxylic acids is 1. The summed E-state index contributed by atoms with van der Waals surface area (Å²) < 4.78 is 10.0. The predicted molar refractivity (Wildman–Crippen MR) is 110 cm³/mol. The lowest BCUT2D eigenvalue weighted by molar-refractivity contribution is 0.0695. The number of hydrogen-bond donors (Lipinski definition) is 0. The summed E-state index contributed by atoms with van der Waals surface area (Å²) in [5.74, 6) is 2.29. The quantitative estimate of drug-likeness (QED) is 0.609. The number of aromatic nitrogens is 4. The molecule has 1 fully saturated rings. The molecule has 0 N–H and O–H groups in total. The van der Waals surface area contributed by atoms with Crippen molar-refractivity contribution in [2.75, 3.05) is 6.54 Å². The second-order valence-electron chi connectivity index (χ2n) is 8.11. The first-order chi connectivity index (χ1) is 14.0. The van der Waals surface area contributed by atoms with Gasteiger partial charge in [0.05, 0.1) is 12.9 Å². The maximum Gasteiger partial charge on any atom is 0.289 e. The lowest BCUT2D eigenvalue weighted by Gasteiger charge is -2.24. The van der Waals surface area contributed by atoms with Crippen molar-refractivity contribution in [3.8, 4) is 0 Å². The zero-order chi connectivity index (χ0) is 20.4. The summed E-state index contributed by atoms with van der Waals surface area (Å²) in [6.07, 6.45) is 11.2. The number of amides is 1. The molecular formula is C22H29N5O2. The third-order valence-corrected chi connectivity index (χ3v) is 5.68. The zero-order valence-electron chi connectivity index (χ0n) is 17.4. The molecule has 0 saturated carbocycles. The Morgan fingerprint density at radius 1 is 1.34 bits per heavy atom. The van der Waals surface area contributed by atoms with E-state index in [9.17, 15) is 4.79 Å². The Bertz CT molecular complexity index is 954. The van der Waals surface area contributed by atoms with Gasteiger partial charge in [0, 0.05) is 49.3 Å². The van der Waals surface area contributed by atoms with E-state index in [0.717, 1.165) is 43.8 Å². The van der Waals surface area contributed by atoms with Gasteiger partial charge in [0.15, 0.2) is 5.76 Å². The molecule has 4 heterocycles. The van der Waals surface area contributed by atoms with Gasteiger partial charge < -0.3 is 18.5 Å². The number of aryl methyl sites for hydroxylation is 2. The highest BCUT2D eigenvalue weighted by molar-refractivity contribution is 5.92. The summed E-state index contributed by atoms with van der Waals surface area (Å²) in [4.78, 5) is 23.7. The van der Waals surface area contributed by atoms with Crippen LogP contribution in [0.3, 0.4) is 0 Å². The second-order valence-corrected chi connectivity index (χ2v) is 8.11. The van der Waals surface area contributed by atoms with E-state index < -0.39 is 0 Å². The molecule has 7 nitrogen and oxygen atoms in total. The van der Waals surface area contributed by atoms with Gasteiger partial charge in [-0.15, -0.1) is 0 Å². The molecule has 29 heavy (non-hydrogen) atoms. The molecule has 7 heteroatoms. The fraction of sp³-hybridized carbons (Fsp3) is 0.500. The van der Waals surface area contributed by atoms with Gasteiger partial charge in [-0.05, 0) is 52.2 Å². The SMILES string of the molecule is Cc1cnc(CCC2CCCN2C(=O)c2ccc(Cn3ccnc3)o2)n1C(C)C. The smallest absolute Gasteiger partial charge is 0.289 e. The van der Waals surface area contributed by atoms with E-state index in [1.165, 1.54) is 5.69 Å². The average Bonchev–Trinajstić information content (AvgIpc) is 3.47. The zero-order valence-corrected chi connectivity index (χ0v) is 17.4. The van der Waals surface area contributed by atoms with Crippen LogP contribution in [0.4, 0.5) is 0 Å². The maximum absolute atomic E-state index is 13.1. The molecule has 1 unspecified atom stereocenters. The number of likely N-dealkylation sites (tertiary alicyclic amines) is 1. The minimum atomic E-state index is -0.00670. The molecule has 4 rings (SSSR count). The standard InChI is InChI=1S/C22H29N5O2/c1-16(2)27-17(3)13-24-21(27)9-6-18-5-4-11-26(18)22(28)20-8-7-19(29-20)14-25-12-10-23-15-25/h7-8,10,12-13,15-16,18H,4-6,9,11,14H2,1-3H3. The van der Waals surface area contributed by atoms with E-state index >= 15 is 0 Å². The van der Waals surface area contributed by atoms with E-state index in [4.69, 9.17) is 4.42 Å². The number of nitrogens with zero attached hydrogens (tertiary/aromatic N) is 5. The van der Waals surface area contributed by atoms with Crippen LogP contribution in [0, 0.1) is 6.92 Å². The highest BCUT2D eigenvalue weighted by Gasteiger charge is 2.31. The minimum absolute atomic E-state index is 0.00670. The van der Waals surface area contributed by atoms with Crippen molar-refractivity contribution in [2.45, 2.75) is 65.1 Å². The Labute approximate surface area is 171 Å². The molecule has 1 aliphatic heterocycles. The first-order valence-corrected chi connectivity index (χ1v) is 10.4. The van der Waals surface area contributed by atoms with Crippen molar-refractivity contribution in [1.82, 2.24) is 24.0 Å². The Morgan fingerprint density at radius 3 is 2.97 bits per heavy atom. The fourth-order valence-electron chi connectivity index (χ4n) is 4.36. The van der Waals surface area contributed by atoms with Crippen LogP contribution in [-0.4, -0.2) is 42.5 Å². The maximum atomic E-state index is 13.1. The molecule has 0 spiro atoms. The third kappa shape index (κ3) is 4.13. The summed E-state index contributed by atoms with van der Waals surface area (Å²) in [6, 6.07) is 4.30. The van der Waals surface area contributed by atoms with Crippen LogP contribution in [0.15, 0.2) is 41.5 Å². The van der Waals surface area contributed by atoms with E-state index in [-0.39, 0.29) is 11.9 Å². The van der Waals surface area contributed by atoms with Crippen LogP contribution in [-0.2, 0) is 13.0 Å². The van der Waals surface area contributed by atoms with Gasteiger partial charge in [0.2, 0.25) is 0 Å². The number of furan rings is 1. The molecule has 1 amide bonds. The molecule has 154 valence electrons. The summed E-state index contributed by atoms with van der Waals surface area (Å²) in [7, 11) is 0. The van der Waals surface area contributed by atoms with Crippen molar-refractivity contribution in [3.05, 3.63) is 60.1 Å². The first-order valence-electron chi connectivity index (χ1n) is 10.4. The van der Waals surface area contributed by atoms with Crippen molar-refractivity contribution in [2.24, 2.45) is 0 Å². The van der Waals surface area contributed by atoms with E-state index in [1.807, 2.05) is 27.9 Å². The summed E-state index contributed by atoms with van der Waals surface area (Å²) in [6.45, 7) is 7.83. The molecular weight excluding hydrogens is 366 g/mol. The minimum Gasteiger partial charge on any atom is -0.454 e. The molecule has 3 aromatic heterocycles. The van der Waals surface area contributed by atoms with Gasteiger partial charge in [-0.3, -0.25) is 4.79 Å². The number of rotatable bonds is 7. The van der Waals surface area contributed by atoms with Gasteiger partial charge in [-0.1, -0.05) is 0 Å². The Hall–Kier alpha value is -2.83. The lowest BCUT2D eigenvalue weighted by atomic mass is 10.1. The molecule has 1 saturated heterocycles. The fourth-order valence-corrected chi connectivity index (χ4v) is 4.36. The second kappa shape index (κ2) is 8.27. The number of imidazole rings is 2. The van der Waals surface area contributed by atoms with Crippen molar-refractivity contribution in [3.63, 3.8) is 0 Å². The monoisotopic (exact) mass is 395 g/mol. The van der Waals surface area contributed by atoms with Crippen LogP contribution in [0.5, 0.6) is 0 Å². The molecule has 0 aromatic carbocycles. The molecule has 1 atom stereocenters. The van der Waals surface area contributed by atoms with Crippen LogP contribution >= 0.6 is 0 Å². The van der Waals surface area contributed by atoms with Crippen LogP contribution < -0.4 is 0 Å². The highest BCUT2D eigenvalue weighted by Crippen LogP contribution is 2.25. The topological polar surface area (TPSA) is 69.1 Å². The van der Waals surface area contributed by atoms with E-state index in [0.29, 0.717) is 18.3 Å². The van der Waals surface area contributed by atoms with Crippen LogP contribution in [0.25, 0.3) is 0 Å². The predicted octanol–water partition coefficient (Wildman–Crippen LogP) is 3.85. The normalized spacial score (nSPS) is 16.8. The van der Waals surface area contributed by atoms with Gasteiger partial charge in [-0.25, -0.2) is 9.97 Å². The lowest BCUT2D eigenvalue weighted by Crippen LogP contribution is -2.35. The van der Waals surface area contributed by atoms with Crippen molar-refractivity contribution < 1.29 is 9.21 Å². The van der Waals surface area contributed by atoms with E-state index in [1.54, 1.807) is 18.6 Å². The molecule has 1 aliphatic rings. The summed E-state index contributed by atoms with van der Waals surface area (Å²) in [5, 5.41) is 0. The Kier molecular flexibility index (Phi) is 5.56. The largest absolute Gasteiger partial charge is 0.454 e. The van der Waals surface area contributed by atoms with Crippen LogP contribution in [0.1, 0.15) is 67.0 Å². The molecule has 0 bridgehead atoms. The van der Waals surface area contributed by atoms with Crippen molar-refractivity contribution >= 4 is 5.91 Å². The molecule has 0 radical (unpaired) electrons. The molecule has 3 aromatic rings. The third-order valence-electron chi connectivity index (χ3n) is 5.68. The van der Waals surface area contributed by atoms with Gasteiger partial charge in [-0.2, -0.15) is 0 Å². The highest BCUT2D eigenvalue weighted by atomic mass is 16.4. The summed E-state index contributed by atoms with van der Waals surface area (Å²) in [5.41, 5.74) is 1.19. The molecule has 0 aliphatic carbocycles. The number of hydrogen-bond acceptors (Lipinski definition) is 4. The summed E-state index contributed by atoms with van der Waals surface area (Å²) >= 11 is 0. The van der Waals surface area contributed by atoms with Crippen molar-refractivity contribution in [1.29, 1.82) is 0 Å². The average molecular weight is 396 g/mol. The van der Waals surface area contributed by atoms with Gasteiger partial charge in [0.1, 0.15) is 11.6 Å².